The normalized spacial score (nSPS) is 11.7. The second kappa shape index (κ2) is 6.45. The molecule has 0 radical (unpaired) electrons. The summed E-state index contributed by atoms with van der Waals surface area (Å²) >= 11 is 10.7. The molecule has 0 fully saturated rings. The zero-order valence-electron chi connectivity index (χ0n) is 10.2. The molecule has 0 saturated heterocycles. The van der Waals surface area contributed by atoms with Gasteiger partial charge in [0, 0.05) is 23.6 Å². The quantitative estimate of drug-likeness (QED) is 0.310. The summed E-state index contributed by atoms with van der Waals surface area (Å²) in [7, 11) is 0. The smallest absolute Gasteiger partial charge is 0.367 e. The molecule has 0 aliphatic heterocycles. The van der Waals surface area contributed by atoms with Crippen molar-refractivity contribution in [1.82, 2.24) is 4.57 Å². The van der Waals surface area contributed by atoms with Crippen molar-refractivity contribution >= 4 is 35.0 Å². The van der Waals surface area contributed by atoms with Gasteiger partial charge in [0.25, 0.3) is 0 Å². The summed E-state index contributed by atoms with van der Waals surface area (Å²) in [5.74, 6) is -0.820. The summed E-state index contributed by atoms with van der Waals surface area (Å²) in [6.07, 6.45) is 3.80. The Labute approximate surface area is 125 Å². The van der Waals surface area contributed by atoms with Gasteiger partial charge in [-0.25, -0.2) is 4.79 Å². The van der Waals surface area contributed by atoms with Crippen LogP contribution < -0.4 is 5.73 Å². The molecule has 0 bridgehead atoms. The van der Waals surface area contributed by atoms with Crippen LogP contribution in [-0.4, -0.2) is 21.2 Å². The maximum Gasteiger partial charge on any atom is 0.367 e. The first-order valence-corrected chi connectivity index (χ1v) is 6.51. The first-order chi connectivity index (χ1) is 9.58. The van der Waals surface area contributed by atoms with Crippen LogP contribution in [0.1, 0.15) is 5.56 Å². The lowest BCUT2D eigenvalue weighted by Gasteiger charge is -2.06. The molecule has 5 nitrogen and oxygen atoms in total. The number of nitrogens with two attached hydrogens (primary N) is 1. The lowest BCUT2D eigenvalue weighted by atomic mass is 10.2. The van der Waals surface area contributed by atoms with E-state index >= 15 is 0 Å². The first-order valence-electron chi connectivity index (χ1n) is 5.64. The zero-order valence-corrected chi connectivity index (χ0v) is 11.8. The van der Waals surface area contributed by atoms with E-state index < -0.39 is 10.8 Å². The molecule has 0 atom stereocenters. The average Bonchev–Trinajstić information content (AvgIpc) is 2.98. The number of oxime groups is 1. The molecule has 1 heterocycles. The lowest BCUT2D eigenvalue weighted by molar-refractivity contribution is -0.141. The van der Waals surface area contributed by atoms with Gasteiger partial charge < -0.3 is 15.1 Å². The monoisotopic (exact) mass is 311 g/mol. The Morgan fingerprint density at radius 1 is 1.25 bits per heavy atom. The van der Waals surface area contributed by atoms with Gasteiger partial charge in [0.1, 0.15) is 0 Å². The SMILES string of the molecule is NC(=NOC(=O)C(Cl)Cl)c1cccc(-n2cccc2)c1. The van der Waals surface area contributed by atoms with Gasteiger partial charge >= 0.3 is 5.97 Å². The number of alkyl halides is 2. The minimum Gasteiger partial charge on any atom is -0.380 e. The molecule has 104 valence electrons. The Morgan fingerprint density at radius 2 is 1.95 bits per heavy atom. The summed E-state index contributed by atoms with van der Waals surface area (Å²) in [5, 5.41) is 3.50. The van der Waals surface area contributed by atoms with Crippen molar-refractivity contribution in [2.75, 3.05) is 0 Å². The van der Waals surface area contributed by atoms with E-state index in [-0.39, 0.29) is 5.84 Å². The number of nitrogens with zero attached hydrogens (tertiary/aromatic N) is 2. The van der Waals surface area contributed by atoms with Crippen molar-refractivity contribution in [1.29, 1.82) is 0 Å². The van der Waals surface area contributed by atoms with Crippen LogP contribution in [0.2, 0.25) is 0 Å². The number of halogens is 2. The van der Waals surface area contributed by atoms with E-state index in [1.807, 2.05) is 47.3 Å². The molecule has 7 heteroatoms. The van der Waals surface area contributed by atoms with Crippen LogP contribution in [0, 0.1) is 0 Å². The summed E-state index contributed by atoms with van der Waals surface area (Å²) < 4.78 is 1.91. The predicted octanol–water partition coefficient (Wildman–Crippen LogP) is 2.44. The van der Waals surface area contributed by atoms with E-state index in [0.717, 1.165) is 5.69 Å². The number of hydrogen-bond donors (Lipinski definition) is 1. The van der Waals surface area contributed by atoms with Crippen LogP contribution in [0.25, 0.3) is 5.69 Å². The molecule has 0 aliphatic rings. The molecular weight excluding hydrogens is 301 g/mol. The van der Waals surface area contributed by atoms with Crippen molar-refractivity contribution in [2.45, 2.75) is 4.84 Å². The highest BCUT2D eigenvalue weighted by molar-refractivity contribution is 6.52. The topological polar surface area (TPSA) is 69.6 Å². The maximum atomic E-state index is 11.1. The van der Waals surface area contributed by atoms with Crippen LogP contribution in [0.4, 0.5) is 0 Å². The molecule has 0 spiro atoms. The summed E-state index contributed by atoms with van der Waals surface area (Å²) in [5.41, 5.74) is 7.27. The largest absolute Gasteiger partial charge is 0.380 e. The van der Waals surface area contributed by atoms with E-state index in [4.69, 9.17) is 28.9 Å². The fraction of sp³-hybridized carbons (Fsp3) is 0.0769. The van der Waals surface area contributed by atoms with Gasteiger partial charge in [-0.15, -0.1) is 0 Å². The fourth-order valence-corrected chi connectivity index (χ4v) is 1.60. The maximum absolute atomic E-state index is 11.1. The third-order valence-electron chi connectivity index (χ3n) is 2.46. The van der Waals surface area contributed by atoms with E-state index in [1.165, 1.54) is 0 Å². The third kappa shape index (κ3) is 3.53. The highest BCUT2D eigenvalue weighted by atomic mass is 35.5. The van der Waals surface area contributed by atoms with Crippen LogP contribution in [-0.2, 0) is 9.63 Å². The van der Waals surface area contributed by atoms with Crippen molar-refractivity contribution in [3.05, 3.63) is 54.4 Å². The van der Waals surface area contributed by atoms with Gasteiger partial charge in [-0.05, 0) is 24.3 Å². The van der Waals surface area contributed by atoms with Gasteiger partial charge in [-0.2, -0.15) is 0 Å². The van der Waals surface area contributed by atoms with E-state index in [1.54, 1.807) is 6.07 Å². The Hall–Kier alpha value is -1.98. The molecule has 0 saturated carbocycles. The van der Waals surface area contributed by atoms with E-state index in [2.05, 4.69) is 9.99 Å². The molecule has 2 rings (SSSR count). The molecule has 1 aromatic heterocycles. The number of carbonyl (C=O) groups excluding carboxylic acids is 1. The Bertz CT molecular complexity index is 624. The van der Waals surface area contributed by atoms with Crippen molar-refractivity contribution < 1.29 is 9.63 Å². The summed E-state index contributed by atoms with van der Waals surface area (Å²) in [4.78, 5) is 14.3. The number of rotatable bonds is 4. The number of aromatic nitrogens is 1. The highest BCUT2D eigenvalue weighted by Crippen LogP contribution is 2.11. The first kappa shape index (κ1) is 14.4. The predicted molar refractivity (Wildman–Crippen MR) is 78.1 cm³/mol. The summed E-state index contributed by atoms with van der Waals surface area (Å²) in [6.45, 7) is 0. The minimum atomic E-state index is -1.29. The average molecular weight is 312 g/mol. The number of benzene rings is 1. The number of carbonyl (C=O) groups is 1. The van der Waals surface area contributed by atoms with E-state index in [0.29, 0.717) is 5.56 Å². The number of hydrogen-bond acceptors (Lipinski definition) is 3. The molecule has 20 heavy (non-hydrogen) atoms. The molecule has 0 unspecified atom stereocenters. The Balaban J connectivity index is 2.18. The van der Waals surface area contributed by atoms with Gasteiger partial charge in [-0.1, -0.05) is 40.5 Å². The van der Waals surface area contributed by atoms with Crippen molar-refractivity contribution in [3.8, 4) is 5.69 Å². The van der Waals surface area contributed by atoms with Crippen molar-refractivity contribution in [2.24, 2.45) is 10.9 Å². The second-order valence-electron chi connectivity index (χ2n) is 3.83. The Morgan fingerprint density at radius 3 is 2.60 bits per heavy atom. The lowest BCUT2D eigenvalue weighted by Crippen LogP contribution is -2.17. The molecule has 0 aliphatic carbocycles. The summed E-state index contributed by atoms with van der Waals surface area (Å²) in [6, 6.07) is 11.1. The highest BCUT2D eigenvalue weighted by Gasteiger charge is 2.13. The van der Waals surface area contributed by atoms with Crippen LogP contribution in [0.3, 0.4) is 0 Å². The molecular formula is C13H11Cl2N3O2. The second-order valence-corrected chi connectivity index (χ2v) is 4.92. The van der Waals surface area contributed by atoms with Crippen molar-refractivity contribution in [3.63, 3.8) is 0 Å². The zero-order chi connectivity index (χ0) is 14.5. The van der Waals surface area contributed by atoms with Gasteiger partial charge in [0.2, 0.25) is 4.84 Å². The van der Waals surface area contributed by atoms with E-state index in [9.17, 15) is 4.79 Å². The third-order valence-corrected chi connectivity index (χ3v) is 2.81. The van der Waals surface area contributed by atoms with Gasteiger partial charge in [0.15, 0.2) is 5.84 Å². The molecule has 2 aromatic rings. The molecule has 1 aromatic carbocycles. The Kier molecular flexibility index (Phi) is 4.65. The molecule has 0 amide bonds. The van der Waals surface area contributed by atoms with Crippen LogP contribution in [0.5, 0.6) is 0 Å². The number of amidine groups is 1. The van der Waals surface area contributed by atoms with Crippen LogP contribution in [0.15, 0.2) is 53.9 Å². The van der Waals surface area contributed by atoms with Gasteiger partial charge in [0.05, 0.1) is 0 Å². The fourth-order valence-electron chi connectivity index (χ4n) is 1.52. The standard InChI is InChI=1S/C13H11Cl2N3O2/c14-11(15)13(19)20-17-12(16)9-4-3-5-10(8-9)18-6-1-2-7-18/h1-8,11H,(H2,16,17). The molecule has 2 N–H and O–H groups in total. The minimum absolute atomic E-state index is 0.0568. The van der Waals surface area contributed by atoms with Gasteiger partial charge in [-0.3, -0.25) is 0 Å². The van der Waals surface area contributed by atoms with Crippen LogP contribution >= 0.6 is 23.2 Å².